The van der Waals surface area contributed by atoms with Gasteiger partial charge in [-0.25, -0.2) is 18.0 Å². The van der Waals surface area contributed by atoms with Gasteiger partial charge < -0.3 is 40.3 Å². The number of aromatic nitrogens is 2. The minimum absolute atomic E-state index is 0. The summed E-state index contributed by atoms with van der Waals surface area (Å²) in [5.74, 6) is -0.132. The Bertz CT molecular complexity index is 956. The van der Waals surface area contributed by atoms with Gasteiger partial charge in [0.25, 0.3) is 15.6 Å². The Morgan fingerprint density at radius 3 is 2.26 bits per heavy atom. The molecule has 0 radical (unpaired) electrons. The molecule has 0 aliphatic carbocycles. The minimum Gasteiger partial charge on any atom is -0.756 e. The average Bonchev–Trinajstić information content (AvgIpc) is 2.78. The van der Waals surface area contributed by atoms with Crippen molar-refractivity contribution >= 4 is 29.3 Å². The number of phosphoric acid groups is 3. The molecular formula is C9H14Li2N3O14P3. The van der Waals surface area contributed by atoms with Crippen LogP contribution in [0.1, 0.15) is 6.23 Å². The second kappa shape index (κ2) is 11.5. The van der Waals surface area contributed by atoms with Crippen molar-refractivity contribution in [3.8, 4) is 0 Å². The fourth-order valence-corrected chi connectivity index (χ4v) is 5.11. The summed E-state index contributed by atoms with van der Waals surface area (Å²) in [6.45, 7) is -1.06. The van der Waals surface area contributed by atoms with Gasteiger partial charge in [0.2, 0.25) is 0 Å². The number of hydrogen-bond donors (Lipinski definition) is 5. The van der Waals surface area contributed by atoms with E-state index in [9.17, 15) is 43.4 Å². The van der Waals surface area contributed by atoms with Crippen LogP contribution in [0.4, 0.5) is 5.82 Å². The zero-order valence-corrected chi connectivity index (χ0v) is 18.5. The van der Waals surface area contributed by atoms with Crippen LogP contribution in [0, 0.1) is 0 Å². The normalized spacial score (nSPS) is 29.0. The van der Waals surface area contributed by atoms with Gasteiger partial charge in [-0.1, -0.05) is 0 Å². The number of nitrogens with zero attached hydrogens (tertiary/aromatic N) is 2. The van der Waals surface area contributed by atoms with Crippen molar-refractivity contribution in [3.63, 3.8) is 0 Å². The van der Waals surface area contributed by atoms with Crippen LogP contribution < -0.4 is 58.9 Å². The summed E-state index contributed by atoms with van der Waals surface area (Å²) in [5.41, 5.74) is 4.37. The van der Waals surface area contributed by atoms with Gasteiger partial charge >= 0.3 is 51.2 Å². The monoisotopic (exact) mass is 504 g/mol. The number of aliphatic hydroxyl groups excluding tert-OH is 2. The van der Waals surface area contributed by atoms with Crippen LogP contribution >= 0.6 is 23.5 Å². The molecule has 0 bridgehead atoms. The Morgan fingerprint density at radius 1 is 1.16 bits per heavy atom. The molecule has 4 unspecified atom stereocenters. The van der Waals surface area contributed by atoms with Crippen molar-refractivity contribution in [1.82, 2.24) is 9.55 Å². The van der Waals surface area contributed by atoms with Gasteiger partial charge in [0.1, 0.15) is 24.1 Å². The van der Waals surface area contributed by atoms with Crippen LogP contribution in [0.3, 0.4) is 0 Å². The first-order chi connectivity index (χ1) is 13.1. The van der Waals surface area contributed by atoms with E-state index in [0.717, 1.165) is 10.8 Å². The van der Waals surface area contributed by atoms with Crippen LogP contribution in [0.5, 0.6) is 0 Å². The van der Waals surface area contributed by atoms with E-state index in [0.29, 0.717) is 0 Å². The first-order valence-electron chi connectivity index (χ1n) is 7.21. The van der Waals surface area contributed by atoms with Gasteiger partial charge in [-0.3, -0.25) is 18.2 Å². The third-order valence-corrected chi connectivity index (χ3v) is 7.00. The van der Waals surface area contributed by atoms with E-state index in [-0.39, 0.29) is 43.5 Å². The fraction of sp³-hybridized carbons (Fsp3) is 0.556. The summed E-state index contributed by atoms with van der Waals surface area (Å²) in [4.78, 5) is 54.3. The second-order valence-corrected chi connectivity index (χ2v) is 9.77. The molecule has 6 N–H and O–H groups in total. The van der Waals surface area contributed by atoms with E-state index in [1.54, 1.807) is 0 Å². The summed E-state index contributed by atoms with van der Waals surface area (Å²) in [5, 5.41) is 19.9. The van der Waals surface area contributed by atoms with Crippen molar-refractivity contribution in [2.24, 2.45) is 0 Å². The van der Waals surface area contributed by atoms with Crippen LogP contribution in [0.25, 0.3) is 0 Å². The number of ether oxygens (including phenoxy) is 1. The van der Waals surface area contributed by atoms with Crippen molar-refractivity contribution < 1.29 is 99.1 Å². The minimum atomic E-state index is -6.03. The molecule has 1 aromatic rings. The molecule has 1 saturated heterocycles. The summed E-state index contributed by atoms with van der Waals surface area (Å²) in [6.07, 6.45) is -5.50. The Hall–Kier alpha value is 0.165. The number of hydrogen-bond acceptors (Lipinski definition) is 14. The molecule has 31 heavy (non-hydrogen) atoms. The Morgan fingerprint density at radius 2 is 1.74 bits per heavy atom. The largest absolute Gasteiger partial charge is 1.00 e. The molecule has 166 valence electrons. The van der Waals surface area contributed by atoms with Gasteiger partial charge in [0.05, 0.1) is 6.61 Å². The van der Waals surface area contributed by atoms with Crippen LogP contribution in [0.15, 0.2) is 17.1 Å². The number of nitrogen functional groups attached to an aromatic ring is 1. The maximum absolute atomic E-state index is 11.8. The van der Waals surface area contributed by atoms with E-state index in [1.165, 1.54) is 6.07 Å². The molecule has 17 nitrogen and oxygen atoms in total. The zero-order valence-electron chi connectivity index (χ0n) is 15.9. The quantitative estimate of drug-likeness (QED) is 0.125. The number of nitrogens with two attached hydrogens (primary N) is 1. The number of phosphoric ester groups is 1. The molecule has 1 fully saturated rings. The molecule has 7 atom stereocenters. The van der Waals surface area contributed by atoms with Crippen LogP contribution in [-0.4, -0.2) is 54.5 Å². The molecule has 1 aliphatic heterocycles. The van der Waals surface area contributed by atoms with Gasteiger partial charge in [0.15, 0.2) is 6.23 Å². The fourth-order valence-electron chi connectivity index (χ4n) is 2.18. The molecule has 2 heterocycles. The summed E-state index contributed by atoms with van der Waals surface area (Å²) in [6, 6.07) is 1.19. The van der Waals surface area contributed by atoms with Gasteiger partial charge in [-0.05, 0) is 6.07 Å². The van der Waals surface area contributed by atoms with Gasteiger partial charge in [-0.15, -0.1) is 0 Å². The summed E-state index contributed by atoms with van der Waals surface area (Å²) >= 11 is 0. The standard InChI is InChI=1S/C9H16N3O14P3.2Li/c10-5-1-2-12(9(15)11-5)8-7(14)6(13)4(24-8)3-23-28(19,20)26-29(21,22)25-27(16,17)18;;/h1-2,4,6-8,13-14H,3H2,(H,19,20)(H,21,22)(H2,10,11,15)(H2,16,17,18);;/q;2*+1/p-2/t4-,6?,7+,8-;;/m1../s1/i1+1,2+1,3+1,4+1,5+1,6+1,7+1,8+1,9+1;;. The molecule has 0 amide bonds. The second-order valence-electron chi connectivity index (χ2n) is 5.43. The number of anilines is 1. The number of aliphatic hydroxyl groups is 2. The third-order valence-electron chi connectivity index (χ3n) is 3.27. The van der Waals surface area contributed by atoms with E-state index in [2.05, 4.69) is 18.1 Å². The maximum atomic E-state index is 11.8. The van der Waals surface area contributed by atoms with Crippen molar-refractivity contribution in [3.05, 3.63) is 22.7 Å². The molecule has 1 aliphatic rings. The molecule has 0 aromatic carbocycles. The average molecular weight is 504 g/mol. The van der Waals surface area contributed by atoms with Crippen LogP contribution in [0.2, 0.25) is 0 Å². The van der Waals surface area contributed by atoms with Crippen LogP contribution in [-0.2, 0) is 31.6 Å². The molecular weight excluding hydrogens is 490 g/mol. The van der Waals surface area contributed by atoms with Crippen molar-refractivity contribution in [2.45, 2.75) is 24.5 Å². The molecule has 22 heteroatoms. The summed E-state index contributed by atoms with van der Waals surface area (Å²) < 4.78 is 49.9. The van der Waals surface area contributed by atoms with Crippen molar-refractivity contribution in [2.75, 3.05) is 12.3 Å². The van der Waals surface area contributed by atoms with Gasteiger partial charge in [-0.2, -0.15) is 4.98 Å². The third kappa shape index (κ3) is 9.14. The summed E-state index contributed by atoms with van der Waals surface area (Å²) in [7, 11) is -17.4. The van der Waals surface area contributed by atoms with Crippen molar-refractivity contribution in [1.29, 1.82) is 0 Å². The molecule has 0 saturated carbocycles. The van der Waals surface area contributed by atoms with E-state index >= 15 is 0 Å². The van der Waals surface area contributed by atoms with E-state index in [1.807, 2.05) is 0 Å². The first kappa shape index (κ1) is 31.2. The van der Waals surface area contributed by atoms with E-state index in [4.69, 9.17) is 15.4 Å². The Balaban J connectivity index is 0.00000450. The smallest absolute Gasteiger partial charge is 0.756 e. The Labute approximate surface area is 197 Å². The number of rotatable bonds is 8. The molecule has 1 aromatic heterocycles. The predicted octanol–water partition coefficient (Wildman–Crippen LogP) is -9.47. The zero-order chi connectivity index (χ0) is 22.2. The molecule has 0 spiro atoms. The maximum Gasteiger partial charge on any atom is 1.00 e. The van der Waals surface area contributed by atoms with E-state index < -0.39 is 60.3 Å². The predicted molar refractivity (Wildman–Crippen MR) is 84.2 cm³/mol. The Kier molecular flexibility index (Phi) is 11.6. The first-order valence-corrected chi connectivity index (χ1v) is 11.7. The SMILES string of the molecule is N[13c]1[13cH][13cH]n([13C@@H]2O[13C@H]([13CH2]OP(=O)(O)OP(=O)([O-])OP(=O)([O-])O)[13CH](O)[13C@@H]2O)[13c](=O)n1.[Li+].[Li+]. The topological polar surface area (TPSA) is 276 Å². The van der Waals surface area contributed by atoms with Gasteiger partial charge in [0, 0.05) is 6.20 Å². The molecule has 2 rings (SSSR count).